The maximum Gasteiger partial charge on any atom is 0.313 e. The van der Waals surface area contributed by atoms with E-state index < -0.39 is 0 Å². The molecule has 0 aromatic heterocycles. The van der Waals surface area contributed by atoms with Gasteiger partial charge in [-0.1, -0.05) is 54.6 Å². The number of nitriles is 1. The quantitative estimate of drug-likeness (QED) is 0.547. The van der Waals surface area contributed by atoms with E-state index in [1.54, 1.807) is 0 Å². The van der Waals surface area contributed by atoms with E-state index in [9.17, 15) is 10.1 Å². The molecule has 0 N–H and O–H groups in total. The van der Waals surface area contributed by atoms with Crippen LogP contribution in [0.15, 0.2) is 66.7 Å². The number of ether oxygens (including phenoxy) is 2. The zero-order valence-electron chi connectivity index (χ0n) is 18.1. The first-order chi connectivity index (χ1) is 15.7. The Hall–Kier alpha value is -3.36. The SMILES string of the molecule is COC(=O)[C@H]1[C@@H](OCc2ccccc2)C[C@@H]2CC[C@H]1N2c1ccc(C#N)c2ccccc12. The summed E-state index contributed by atoms with van der Waals surface area (Å²) in [7, 11) is 1.46. The van der Waals surface area contributed by atoms with Gasteiger partial charge in [-0.2, -0.15) is 5.26 Å². The second-order valence-electron chi connectivity index (χ2n) is 8.62. The van der Waals surface area contributed by atoms with Crippen LogP contribution in [0.3, 0.4) is 0 Å². The molecule has 2 fully saturated rings. The molecule has 4 atom stereocenters. The van der Waals surface area contributed by atoms with Crippen molar-refractivity contribution < 1.29 is 14.3 Å². The van der Waals surface area contributed by atoms with E-state index in [1.807, 2.05) is 60.7 Å². The molecule has 2 heterocycles. The van der Waals surface area contributed by atoms with E-state index in [0.717, 1.165) is 41.3 Å². The van der Waals surface area contributed by atoms with Gasteiger partial charge in [0.2, 0.25) is 0 Å². The predicted octanol–water partition coefficient (Wildman–Crippen LogP) is 4.83. The summed E-state index contributed by atoms with van der Waals surface area (Å²) in [4.78, 5) is 15.3. The third-order valence-electron chi connectivity index (χ3n) is 6.95. The summed E-state index contributed by atoms with van der Waals surface area (Å²) in [6, 6.07) is 24.6. The highest BCUT2D eigenvalue weighted by Gasteiger charge is 2.51. The molecule has 0 amide bonds. The topological polar surface area (TPSA) is 62.6 Å². The second-order valence-corrected chi connectivity index (χ2v) is 8.62. The number of hydrogen-bond donors (Lipinski definition) is 0. The molecule has 5 nitrogen and oxygen atoms in total. The van der Waals surface area contributed by atoms with E-state index in [-0.39, 0.29) is 30.1 Å². The van der Waals surface area contributed by atoms with Crippen molar-refractivity contribution in [3.05, 3.63) is 77.9 Å². The molecule has 2 saturated heterocycles. The molecule has 0 spiro atoms. The van der Waals surface area contributed by atoms with Gasteiger partial charge in [0.15, 0.2) is 0 Å². The predicted molar refractivity (Wildman–Crippen MR) is 123 cm³/mol. The average molecular weight is 427 g/mol. The van der Waals surface area contributed by atoms with E-state index in [0.29, 0.717) is 12.2 Å². The summed E-state index contributed by atoms with van der Waals surface area (Å²) < 4.78 is 11.6. The molecular formula is C27H26N2O3. The Labute approximate surface area is 188 Å². The average Bonchev–Trinajstić information content (AvgIpc) is 3.15. The zero-order chi connectivity index (χ0) is 22.1. The molecule has 162 valence electrons. The second kappa shape index (κ2) is 8.64. The molecule has 0 unspecified atom stereocenters. The van der Waals surface area contributed by atoms with Crippen LogP contribution in [-0.4, -0.2) is 31.3 Å². The number of carbonyl (C=O) groups is 1. The summed E-state index contributed by atoms with van der Waals surface area (Å²) in [5.41, 5.74) is 2.86. The van der Waals surface area contributed by atoms with E-state index in [2.05, 4.69) is 17.0 Å². The van der Waals surface area contributed by atoms with Crippen molar-refractivity contribution in [2.24, 2.45) is 5.92 Å². The van der Waals surface area contributed by atoms with Crippen molar-refractivity contribution in [1.29, 1.82) is 5.26 Å². The molecule has 0 saturated carbocycles. The van der Waals surface area contributed by atoms with Crippen molar-refractivity contribution >= 4 is 22.4 Å². The maximum atomic E-state index is 12.9. The fourth-order valence-electron chi connectivity index (χ4n) is 5.53. The molecule has 2 bridgehead atoms. The fraction of sp³-hybridized carbons (Fsp3) is 0.333. The van der Waals surface area contributed by atoms with Crippen LogP contribution in [0.4, 0.5) is 5.69 Å². The number of carbonyl (C=O) groups excluding carboxylic acids is 1. The largest absolute Gasteiger partial charge is 0.469 e. The lowest BCUT2D eigenvalue weighted by molar-refractivity contribution is -0.154. The highest BCUT2D eigenvalue weighted by atomic mass is 16.5. The minimum absolute atomic E-state index is 0.0123. The number of esters is 1. The Kier molecular flexibility index (Phi) is 5.55. The van der Waals surface area contributed by atoms with Crippen LogP contribution in [0.25, 0.3) is 10.8 Å². The fourth-order valence-corrected chi connectivity index (χ4v) is 5.53. The van der Waals surface area contributed by atoms with Gasteiger partial charge in [0.05, 0.1) is 31.5 Å². The van der Waals surface area contributed by atoms with Gasteiger partial charge in [-0.3, -0.25) is 4.79 Å². The highest BCUT2D eigenvalue weighted by molar-refractivity contribution is 5.98. The van der Waals surface area contributed by atoms with Gasteiger partial charge in [-0.25, -0.2) is 0 Å². The Bertz CT molecular complexity index is 1170. The number of anilines is 1. The Morgan fingerprint density at radius 2 is 1.78 bits per heavy atom. The van der Waals surface area contributed by atoms with Gasteiger partial charge in [0.1, 0.15) is 5.92 Å². The number of piperidine rings is 1. The van der Waals surface area contributed by atoms with E-state index >= 15 is 0 Å². The first kappa shape index (κ1) is 20.5. The number of rotatable bonds is 5. The van der Waals surface area contributed by atoms with Gasteiger partial charge >= 0.3 is 5.97 Å². The molecule has 3 aromatic carbocycles. The summed E-state index contributed by atoms with van der Waals surface area (Å²) in [5, 5.41) is 11.5. The lowest BCUT2D eigenvalue weighted by Gasteiger charge is -2.45. The number of methoxy groups -OCH3 is 1. The first-order valence-electron chi connectivity index (χ1n) is 11.1. The summed E-state index contributed by atoms with van der Waals surface area (Å²) in [6.07, 6.45) is 2.53. The first-order valence-corrected chi connectivity index (χ1v) is 11.1. The Morgan fingerprint density at radius 3 is 2.53 bits per heavy atom. The van der Waals surface area contributed by atoms with Crippen LogP contribution < -0.4 is 4.90 Å². The van der Waals surface area contributed by atoms with Gasteiger partial charge in [0, 0.05) is 28.5 Å². The molecule has 32 heavy (non-hydrogen) atoms. The number of nitrogens with zero attached hydrogens (tertiary/aromatic N) is 2. The van der Waals surface area contributed by atoms with Crippen LogP contribution in [0, 0.1) is 17.2 Å². The van der Waals surface area contributed by atoms with Gasteiger partial charge < -0.3 is 14.4 Å². The third-order valence-corrected chi connectivity index (χ3v) is 6.95. The minimum atomic E-state index is -0.350. The molecular weight excluding hydrogens is 400 g/mol. The third kappa shape index (κ3) is 3.51. The van der Waals surface area contributed by atoms with Crippen LogP contribution in [0.1, 0.15) is 30.4 Å². The lowest BCUT2D eigenvalue weighted by Crippen LogP contribution is -2.55. The van der Waals surface area contributed by atoms with Crippen molar-refractivity contribution in [2.45, 2.75) is 44.1 Å². The molecule has 2 aliphatic rings. The van der Waals surface area contributed by atoms with Gasteiger partial charge in [0.25, 0.3) is 0 Å². The molecule has 5 rings (SSSR count). The van der Waals surface area contributed by atoms with Crippen LogP contribution >= 0.6 is 0 Å². The zero-order valence-corrected chi connectivity index (χ0v) is 18.1. The summed E-state index contributed by atoms with van der Waals surface area (Å²) in [6.45, 7) is 0.484. The Balaban J connectivity index is 1.49. The van der Waals surface area contributed by atoms with Crippen molar-refractivity contribution in [3.63, 3.8) is 0 Å². The molecule has 2 aliphatic heterocycles. The van der Waals surface area contributed by atoms with Gasteiger partial charge in [-0.15, -0.1) is 0 Å². The van der Waals surface area contributed by atoms with E-state index in [1.165, 1.54) is 7.11 Å². The minimum Gasteiger partial charge on any atom is -0.469 e. The monoisotopic (exact) mass is 426 g/mol. The maximum absolute atomic E-state index is 12.9. The van der Waals surface area contributed by atoms with Crippen LogP contribution in [-0.2, 0) is 20.9 Å². The van der Waals surface area contributed by atoms with Crippen LogP contribution in [0.5, 0.6) is 0 Å². The smallest absolute Gasteiger partial charge is 0.313 e. The van der Waals surface area contributed by atoms with Crippen molar-refractivity contribution in [3.8, 4) is 6.07 Å². The van der Waals surface area contributed by atoms with Crippen molar-refractivity contribution in [1.82, 2.24) is 0 Å². The lowest BCUT2D eigenvalue weighted by atomic mass is 9.86. The summed E-state index contributed by atoms with van der Waals surface area (Å²) in [5.74, 6) is -0.562. The standard InChI is InChI=1S/C27H26N2O3/c1-31-27(30)26-24-14-12-20(15-25(26)32-17-18-7-3-2-4-8-18)29(24)23-13-11-19(16-28)21-9-5-6-10-22(21)23/h2-11,13,20,24-26H,12,14-15,17H2,1H3/t20-,24+,25-,26+/m0/s1. The van der Waals surface area contributed by atoms with Crippen molar-refractivity contribution in [2.75, 3.05) is 12.0 Å². The van der Waals surface area contributed by atoms with E-state index in [4.69, 9.17) is 9.47 Å². The van der Waals surface area contributed by atoms with Gasteiger partial charge in [-0.05, 0) is 37.0 Å². The molecule has 0 aliphatic carbocycles. The summed E-state index contributed by atoms with van der Waals surface area (Å²) >= 11 is 0. The van der Waals surface area contributed by atoms with Crippen LogP contribution in [0.2, 0.25) is 0 Å². The normalized spacial score (nSPS) is 24.3. The molecule has 0 radical (unpaired) electrons. The molecule has 5 heteroatoms. The Morgan fingerprint density at radius 1 is 1.03 bits per heavy atom. The number of benzene rings is 3. The number of fused-ring (bicyclic) bond motifs is 3. The highest BCUT2D eigenvalue weighted by Crippen LogP contribution is 2.46. The number of hydrogen-bond acceptors (Lipinski definition) is 5. The molecule has 3 aromatic rings.